The Morgan fingerprint density at radius 2 is 2.00 bits per heavy atom. The van der Waals surface area contributed by atoms with Gasteiger partial charge >= 0.3 is 0 Å². The minimum Gasteiger partial charge on any atom is -0.396 e. The summed E-state index contributed by atoms with van der Waals surface area (Å²) in [6.45, 7) is 5.68. The lowest BCUT2D eigenvalue weighted by atomic mass is 9.82. The summed E-state index contributed by atoms with van der Waals surface area (Å²) in [5.41, 5.74) is -0.0149. The van der Waals surface area contributed by atoms with Gasteiger partial charge in [0.15, 0.2) is 0 Å². The number of rotatable bonds is 4. The van der Waals surface area contributed by atoms with Gasteiger partial charge in [-0.05, 0) is 24.8 Å². The number of fused-ring (bicyclic) bond motifs is 1. The first-order valence-electron chi connectivity index (χ1n) is 9.33. The van der Waals surface area contributed by atoms with Crippen LogP contribution in [0.4, 0.5) is 5.95 Å². The largest absolute Gasteiger partial charge is 0.396 e. The van der Waals surface area contributed by atoms with Gasteiger partial charge < -0.3 is 14.9 Å². The summed E-state index contributed by atoms with van der Waals surface area (Å²) in [5, 5.41) is 9.82. The molecule has 3 heterocycles. The first-order valence-corrected chi connectivity index (χ1v) is 9.33. The van der Waals surface area contributed by atoms with Crippen molar-refractivity contribution in [3.63, 3.8) is 0 Å². The van der Waals surface area contributed by atoms with Crippen molar-refractivity contribution in [2.45, 2.75) is 19.3 Å². The molecule has 1 aromatic heterocycles. The molecule has 0 unspecified atom stereocenters. The maximum atomic E-state index is 12.7. The quantitative estimate of drug-likeness (QED) is 0.842. The summed E-state index contributed by atoms with van der Waals surface area (Å²) in [7, 11) is 0. The average molecular weight is 345 g/mol. The predicted molar refractivity (Wildman–Crippen MR) is 94.1 cm³/mol. The first-order chi connectivity index (χ1) is 12.2. The Bertz CT molecular complexity index is 605. The molecule has 1 aromatic rings. The molecule has 0 bridgehead atoms. The highest BCUT2D eigenvalue weighted by Crippen LogP contribution is 2.48. The van der Waals surface area contributed by atoms with Crippen LogP contribution in [0, 0.1) is 11.3 Å². The molecule has 7 nitrogen and oxygen atoms in total. The van der Waals surface area contributed by atoms with Crippen molar-refractivity contribution in [2.75, 3.05) is 57.3 Å². The Kier molecular flexibility index (Phi) is 4.60. The molecule has 0 aromatic carbocycles. The zero-order valence-corrected chi connectivity index (χ0v) is 14.7. The second-order valence-electron chi connectivity index (χ2n) is 7.70. The Labute approximate surface area is 148 Å². The zero-order chi connectivity index (χ0) is 17.3. The Morgan fingerprint density at radius 1 is 1.24 bits per heavy atom. The van der Waals surface area contributed by atoms with E-state index < -0.39 is 0 Å². The third-order valence-electron chi connectivity index (χ3n) is 6.27. The van der Waals surface area contributed by atoms with E-state index >= 15 is 0 Å². The number of amides is 1. The molecule has 136 valence electrons. The molecule has 1 aliphatic carbocycles. The van der Waals surface area contributed by atoms with Crippen molar-refractivity contribution in [2.24, 2.45) is 11.3 Å². The summed E-state index contributed by atoms with van der Waals surface area (Å²) in [4.78, 5) is 27.7. The Hall–Kier alpha value is -1.73. The third-order valence-corrected chi connectivity index (χ3v) is 6.27. The van der Waals surface area contributed by atoms with Crippen LogP contribution >= 0.6 is 0 Å². The summed E-state index contributed by atoms with van der Waals surface area (Å²) in [5.74, 6) is 1.48. The predicted octanol–water partition coefficient (Wildman–Crippen LogP) is 0.220. The van der Waals surface area contributed by atoms with Crippen molar-refractivity contribution in [1.82, 2.24) is 19.8 Å². The van der Waals surface area contributed by atoms with Crippen molar-refractivity contribution in [1.29, 1.82) is 0 Å². The Balaban J connectivity index is 1.28. The van der Waals surface area contributed by atoms with Crippen molar-refractivity contribution < 1.29 is 9.90 Å². The highest BCUT2D eigenvalue weighted by Gasteiger charge is 2.50. The van der Waals surface area contributed by atoms with E-state index in [2.05, 4.69) is 19.8 Å². The number of aromatic nitrogens is 2. The van der Waals surface area contributed by atoms with Gasteiger partial charge in [0.25, 0.3) is 0 Å². The van der Waals surface area contributed by atoms with Crippen LogP contribution in [0.15, 0.2) is 18.5 Å². The lowest BCUT2D eigenvalue weighted by Crippen LogP contribution is -2.50. The monoisotopic (exact) mass is 345 g/mol. The van der Waals surface area contributed by atoms with E-state index in [4.69, 9.17) is 0 Å². The van der Waals surface area contributed by atoms with Crippen molar-refractivity contribution >= 4 is 11.9 Å². The molecule has 1 N–H and O–H groups in total. The van der Waals surface area contributed by atoms with Crippen LogP contribution in [0.3, 0.4) is 0 Å². The second kappa shape index (κ2) is 6.88. The molecule has 25 heavy (non-hydrogen) atoms. The van der Waals surface area contributed by atoms with Crippen LogP contribution in [-0.2, 0) is 4.79 Å². The van der Waals surface area contributed by atoms with Crippen LogP contribution in [0.25, 0.3) is 0 Å². The van der Waals surface area contributed by atoms with E-state index in [9.17, 15) is 9.90 Å². The summed E-state index contributed by atoms with van der Waals surface area (Å²) >= 11 is 0. The molecular weight excluding hydrogens is 318 g/mol. The molecule has 1 amide bonds. The zero-order valence-electron chi connectivity index (χ0n) is 14.7. The van der Waals surface area contributed by atoms with E-state index in [-0.39, 0.29) is 17.9 Å². The summed E-state index contributed by atoms with van der Waals surface area (Å²) < 4.78 is 0. The number of hydrogen-bond donors (Lipinski definition) is 1. The first kappa shape index (κ1) is 16.7. The van der Waals surface area contributed by atoms with Crippen LogP contribution in [0.1, 0.15) is 19.3 Å². The highest BCUT2D eigenvalue weighted by atomic mass is 16.3. The van der Waals surface area contributed by atoms with E-state index in [1.54, 1.807) is 12.4 Å². The normalized spacial score (nSPS) is 29.9. The summed E-state index contributed by atoms with van der Waals surface area (Å²) in [6.07, 6.45) is 6.93. The van der Waals surface area contributed by atoms with Gasteiger partial charge in [-0.25, -0.2) is 9.97 Å². The maximum Gasteiger partial charge on any atom is 0.236 e. The fraction of sp³-hybridized carbons (Fsp3) is 0.722. The number of hydrogen-bond acceptors (Lipinski definition) is 6. The van der Waals surface area contributed by atoms with Crippen LogP contribution in [0.5, 0.6) is 0 Å². The van der Waals surface area contributed by atoms with Gasteiger partial charge in [-0.15, -0.1) is 0 Å². The molecule has 7 heteroatoms. The number of carbonyl (C=O) groups excluding carboxylic acids is 1. The van der Waals surface area contributed by atoms with E-state index in [1.165, 1.54) is 6.42 Å². The molecule has 0 radical (unpaired) electrons. The van der Waals surface area contributed by atoms with E-state index in [0.29, 0.717) is 12.5 Å². The molecular formula is C18H27N5O2. The topological polar surface area (TPSA) is 72.8 Å². The Morgan fingerprint density at radius 3 is 2.68 bits per heavy atom. The molecule has 3 fully saturated rings. The number of aliphatic hydroxyl groups is 1. The molecule has 4 rings (SSSR count). The van der Waals surface area contributed by atoms with Gasteiger partial charge in [-0.3, -0.25) is 9.69 Å². The minimum absolute atomic E-state index is 0.0149. The fourth-order valence-electron chi connectivity index (χ4n) is 4.71. The van der Waals surface area contributed by atoms with Gasteiger partial charge in [-0.2, -0.15) is 0 Å². The lowest BCUT2D eigenvalue weighted by Gasteiger charge is -2.35. The number of aliphatic hydroxyl groups excluding tert-OH is 1. The lowest BCUT2D eigenvalue weighted by molar-refractivity contribution is -0.132. The SMILES string of the molecule is O=C(CN1CCN(c2ncccn2)CC1)N1C[C@H]2CCC[C@@]2(CO)C1. The smallest absolute Gasteiger partial charge is 0.236 e. The molecule has 2 atom stereocenters. The molecule has 2 aliphatic heterocycles. The molecule has 3 aliphatic rings. The van der Waals surface area contributed by atoms with E-state index in [1.807, 2.05) is 11.0 Å². The number of nitrogens with zero attached hydrogens (tertiary/aromatic N) is 5. The average Bonchev–Trinajstić information content (AvgIpc) is 3.21. The summed E-state index contributed by atoms with van der Waals surface area (Å²) in [6, 6.07) is 1.82. The third kappa shape index (κ3) is 3.22. The van der Waals surface area contributed by atoms with Crippen molar-refractivity contribution in [3.8, 4) is 0 Å². The molecule has 0 spiro atoms. The highest BCUT2D eigenvalue weighted by molar-refractivity contribution is 5.78. The van der Waals surface area contributed by atoms with E-state index in [0.717, 1.165) is 58.1 Å². The maximum absolute atomic E-state index is 12.7. The van der Waals surface area contributed by atoms with Gasteiger partial charge in [0.05, 0.1) is 13.2 Å². The standard InChI is InChI=1S/C18H27N5O2/c24-14-18-4-1-3-15(18)11-23(13-18)16(25)12-21-7-9-22(10-8-21)17-19-5-2-6-20-17/h2,5-6,15,24H,1,3-4,7-14H2/t15-,18+/m1/s1. The van der Waals surface area contributed by atoms with Crippen LogP contribution < -0.4 is 4.90 Å². The van der Waals surface area contributed by atoms with Crippen LogP contribution in [-0.4, -0.2) is 83.2 Å². The van der Waals surface area contributed by atoms with Crippen LogP contribution in [0.2, 0.25) is 0 Å². The molecule has 1 saturated carbocycles. The van der Waals surface area contributed by atoms with Gasteiger partial charge in [0.1, 0.15) is 0 Å². The van der Waals surface area contributed by atoms with Gasteiger partial charge in [-0.1, -0.05) is 6.42 Å². The van der Waals surface area contributed by atoms with Gasteiger partial charge in [0, 0.05) is 57.1 Å². The number of likely N-dealkylation sites (tertiary alicyclic amines) is 1. The fourth-order valence-corrected chi connectivity index (χ4v) is 4.71. The minimum atomic E-state index is -0.0149. The van der Waals surface area contributed by atoms with Crippen molar-refractivity contribution in [3.05, 3.63) is 18.5 Å². The number of anilines is 1. The van der Waals surface area contributed by atoms with Gasteiger partial charge in [0.2, 0.25) is 11.9 Å². The number of carbonyl (C=O) groups is 1. The molecule has 2 saturated heterocycles. The number of piperazine rings is 1. The second-order valence-corrected chi connectivity index (χ2v) is 7.70.